The molecule has 0 bridgehead atoms. The zero-order chi connectivity index (χ0) is 14.5. The van der Waals surface area contributed by atoms with E-state index in [1.807, 2.05) is 0 Å². The van der Waals surface area contributed by atoms with Gasteiger partial charge in [0.2, 0.25) is 5.72 Å². The molecule has 0 radical (unpaired) electrons. The third-order valence-electron chi connectivity index (χ3n) is 3.27. The van der Waals surface area contributed by atoms with Crippen molar-refractivity contribution in [3.8, 4) is 0 Å². The van der Waals surface area contributed by atoms with E-state index in [0.29, 0.717) is 11.1 Å². The Morgan fingerprint density at radius 3 is 2.50 bits per heavy atom. The summed E-state index contributed by atoms with van der Waals surface area (Å²) in [5.74, 6) is -2.47. The summed E-state index contributed by atoms with van der Waals surface area (Å²) in [6, 6.07) is 6.75. The van der Waals surface area contributed by atoms with Crippen LogP contribution in [0.15, 0.2) is 30.0 Å². The fourth-order valence-corrected chi connectivity index (χ4v) is 2.20. The molecule has 1 aliphatic heterocycles. The molecule has 7 nitrogen and oxygen atoms in total. The molecule has 20 heavy (non-hydrogen) atoms. The molecular weight excluding hydrogens is 266 g/mol. The van der Waals surface area contributed by atoms with Gasteiger partial charge in [0.05, 0.1) is 0 Å². The normalized spacial score (nSPS) is 32.2. The molecule has 3 rings (SSSR count). The monoisotopic (exact) mass is 277 g/mol. The van der Waals surface area contributed by atoms with Crippen LogP contribution in [0.1, 0.15) is 11.1 Å². The molecule has 3 unspecified atom stereocenters. The first kappa shape index (κ1) is 12.8. The van der Waals surface area contributed by atoms with Crippen LogP contribution in [0.4, 0.5) is 0 Å². The van der Waals surface area contributed by atoms with E-state index in [1.165, 1.54) is 6.08 Å². The van der Waals surface area contributed by atoms with E-state index in [1.54, 1.807) is 24.3 Å². The van der Waals surface area contributed by atoms with Gasteiger partial charge in [-0.15, -0.1) is 0 Å². The van der Waals surface area contributed by atoms with Crippen LogP contribution in [0.5, 0.6) is 0 Å². The van der Waals surface area contributed by atoms with Gasteiger partial charge in [-0.25, -0.2) is 9.59 Å². The first-order valence-electron chi connectivity index (χ1n) is 5.85. The molecule has 0 saturated carbocycles. The average molecular weight is 277 g/mol. The topological polar surface area (TPSA) is 119 Å². The lowest BCUT2D eigenvalue weighted by atomic mass is 10.0. The van der Waals surface area contributed by atoms with Gasteiger partial charge in [0.25, 0.3) is 0 Å². The van der Waals surface area contributed by atoms with Crippen molar-refractivity contribution in [1.82, 2.24) is 0 Å². The van der Waals surface area contributed by atoms with E-state index in [9.17, 15) is 19.8 Å². The summed E-state index contributed by atoms with van der Waals surface area (Å²) in [6.45, 7) is 0. The van der Waals surface area contributed by atoms with E-state index in [2.05, 4.69) is 0 Å². The van der Waals surface area contributed by atoms with Crippen LogP contribution in [-0.4, -0.2) is 34.4 Å². The number of fused-ring (bicyclic) bond motifs is 3. The molecule has 1 fully saturated rings. The Bertz CT molecular complexity index is 640. The molecule has 4 N–H and O–H groups in total. The predicted octanol–water partition coefficient (Wildman–Crippen LogP) is -1.03. The lowest BCUT2D eigenvalue weighted by Gasteiger charge is -2.32. The first-order chi connectivity index (χ1) is 9.43. The number of hydrogen-bond acceptors (Lipinski definition) is 7. The molecule has 1 heterocycles. The molecule has 7 heteroatoms. The maximum Gasteiger partial charge on any atom is 0.343 e. The quantitative estimate of drug-likeness (QED) is 0.519. The van der Waals surface area contributed by atoms with Crippen molar-refractivity contribution in [2.75, 3.05) is 0 Å². The molecule has 0 amide bonds. The van der Waals surface area contributed by atoms with Gasteiger partial charge < -0.3 is 19.7 Å². The van der Waals surface area contributed by atoms with E-state index < -0.39 is 29.9 Å². The average Bonchev–Trinajstić information content (AvgIpc) is 2.69. The van der Waals surface area contributed by atoms with Crippen LogP contribution in [0.25, 0.3) is 6.08 Å². The number of aliphatic hydroxyl groups excluding tert-OH is 2. The smallest absolute Gasteiger partial charge is 0.343 e. The summed E-state index contributed by atoms with van der Waals surface area (Å²) in [6.07, 6.45) is -2.61. The van der Waals surface area contributed by atoms with Crippen molar-refractivity contribution in [2.24, 2.45) is 5.73 Å². The fourth-order valence-electron chi connectivity index (χ4n) is 2.20. The lowest BCUT2D eigenvalue weighted by Crippen LogP contribution is -2.52. The molecule has 0 aromatic heterocycles. The minimum atomic E-state index is -2.04. The summed E-state index contributed by atoms with van der Waals surface area (Å²) in [5.41, 5.74) is 5.29. The molecule has 1 aromatic carbocycles. The second kappa shape index (κ2) is 4.14. The number of benzene rings is 1. The minimum absolute atomic E-state index is 0.108. The molecule has 1 aromatic rings. The highest BCUT2D eigenvalue weighted by Gasteiger charge is 2.50. The van der Waals surface area contributed by atoms with Gasteiger partial charge in [-0.3, -0.25) is 5.73 Å². The Morgan fingerprint density at radius 1 is 1.10 bits per heavy atom. The van der Waals surface area contributed by atoms with E-state index in [0.717, 1.165) is 0 Å². The number of rotatable bonds is 0. The molecule has 3 atom stereocenters. The van der Waals surface area contributed by atoms with E-state index in [4.69, 9.17) is 15.2 Å². The number of carbonyl (C=O) groups excluding carboxylic acids is 2. The molecular formula is C13H11NO6. The van der Waals surface area contributed by atoms with Gasteiger partial charge in [0.1, 0.15) is 0 Å². The van der Waals surface area contributed by atoms with E-state index >= 15 is 0 Å². The van der Waals surface area contributed by atoms with Crippen LogP contribution in [-0.2, 0) is 24.8 Å². The molecule has 104 valence electrons. The highest BCUT2D eigenvalue weighted by Crippen LogP contribution is 2.40. The number of carbonyl (C=O) groups is 2. The van der Waals surface area contributed by atoms with Gasteiger partial charge >= 0.3 is 11.9 Å². The van der Waals surface area contributed by atoms with Crippen molar-refractivity contribution < 1.29 is 29.3 Å². The number of aliphatic hydroxyl groups is 2. The summed E-state index contributed by atoms with van der Waals surface area (Å²) in [5, 5.41) is 19.0. The SMILES string of the molecule is NC12OC(=O)C(O)C(O)C(=O)OC1=Cc1ccccc12. The van der Waals surface area contributed by atoms with Crippen LogP contribution < -0.4 is 5.73 Å². The van der Waals surface area contributed by atoms with Gasteiger partial charge in [-0.2, -0.15) is 0 Å². The van der Waals surface area contributed by atoms with E-state index in [-0.39, 0.29) is 5.76 Å². The molecule has 2 aliphatic rings. The number of ether oxygens (including phenoxy) is 2. The third kappa shape index (κ3) is 1.64. The second-order valence-electron chi connectivity index (χ2n) is 4.56. The highest BCUT2D eigenvalue weighted by molar-refractivity contribution is 5.88. The summed E-state index contributed by atoms with van der Waals surface area (Å²) >= 11 is 0. The molecule has 1 saturated heterocycles. The van der Waals surface area contributed by atoms with Crippen molar-refractivity contribution >= 4 is 18.0 Å². The number of nitrogens with two attached hydrogens (primary N) is 1. The van der Waals surface area contributed by atoms with Gasteiger partial charge in [-0.05, 0) is 11.6 Å². The summed E-state index contributed by atoms with van der Waals surface area (Å²) in [7, 11) is 0. The zero-order valence-electron chi connectivity index (χ0n) is 10.1. The van der Waals surface area contributed by atoms with Gasteiger partial charge in [0.15, 0.2) is 18.0 Å². The van der Waals surface area contributed by atoms with Gasteiger partial charge in [-0.1, -0.05) is 24.3 Å². The predicted molar refractivity (Wildman–Crippen MR) is 64.5 cm³/mol. The number of hydrogen-bond donors (Lipinski definition) is 3. The standard InChI is InChI=1S/C13H11NO6/c14-13-7-4-2-1-3-6(7)5-8(13)19-11(17)9(15)10(16)12(18)20-13/h1-5,9-10,15-16H,14H2. The van der Waals surface area contributed by atoms with Crippen LogP contribution in [0, 0.1) is 0 Å². The fraction of sp³-hybridized carbons (Fsp3) is 0.231. The summed E-state index contributed by atoms with van der Waals surface area (Å²) in [4.78, 5) is 23.4. The minimum Gasteiger partial charge on any atom is -0.430 e. The zero-order valence-corrected chi connectivity index (χ0v) is 10.1. The third-order valence-corrected chi connectivity index (χ3v) is 3.27. The highest BCUT2D eigenvalue weighted by atomic mass is 16.6. The van der Waals surface area contributed by atoms with Crippen molar-refractivity contribution in [1.29, 1.82) is 0 Å². The van der Waals surface area contributed by atoms with Crippen molar-refractivity contribution in [3.05, 3.63) is 41.2 Å². The maximum absolute atomic E-state index is 11.7. The Balaban J connectivity index is 2.11. The Morgan fingerprint density at radius 2 is 1.75 bits per heavy atom. The van der Waals surface area contributed by atoms with Crippen molar-refractivity contribution in [3.63, 3.8) is 0 Å². The summed E-state index contributed by atoms with van der Waals surface area (Å²) < 4.78 is 9.99. The van der Waals surface area contributed by atoms with Crippen LogP contribution in [0.2, 0.25) is 0 Å². The lowest BCUT2D eigenvalue weighted by molar-refractivity contribution is -0.192. The van der Waals surface area contributed by atoms with Crippen LogP contribution in [0.3, 0.4) is 0 Å². The second-order valence-corrected chi connectivity index (χ2v) is 4.56. The van der Waals surface area contributed by atoms with Crippen LogP contribution >= 0.6 is 0 Å². The maximum atomic E-state index is 11.7. The Kier molecular flexibility index (Phi) is 2.65. The molecule has 1 aliphatic carbocycles. The largest absolute Gasteiger partial charge is 0.430 e. The van der Waals surface area contributed by atoms with Gasteiger partial charge in [0, 0.05) is 5.56 Å². The molecule has 0 spiro atoms. The Labute approximate surface area is 113 Å². The Hall–Kier alpha value is -2.22. The first-order valence-corrected chi connectivity index (χ1v) is 5.85. The number of esters is 2. The van der Waals surface area contributed by atoms with Crippen molar-refractivity contribution in [2.45, 2.75) is 17.9 Å².